The van der Waals surface area contributed by atoms with Gasteiger partial charge in [-0.05, 0) is 28.6 Å². The average Bonchev–Trinajstić information content (AvgIpc) is 2.93. The summed E-state index contributed by atoms with van der Waals surface area (Å²) in [5, 5.41) is 9.31. The third kappa shape index (κ3) is 2.04. The molecule has 4 heteroatoms. The number of carbonyl (C=O) groups excluding carboxylic acids is 1. The number of carbonyl (C=O) groups is 1. The third-order valence-corrected chi connectivity index (χ3v) is 5.11. The molecule has 1 atom stereocenters. The lowest BCUT2D eigenvalue weighted by molar-refractivity contribution is 0.103. The number of nitrogens with one attached hydrogen (secondary N) is 2. The zero-order valence-corrected chi connectivity index (χ0v) is 14.1. The number of thiocarbonyl (C=S) groups is 1. The van der Waals surface area contributed by atoms with Gasteiger partial charge < -0.3 is 10.6 Å². The summed E-state index contributed by atoms with van der Waals surface area (Å²) in [6.45, 7) is 0. The Hall–Kier alpha value is -2.98. The lowest BCUT2D eigenvalue weighted by Crippen LogP contribution is -2.43. The molecule has 25 heavy (non-hydrogen) atoms. The zero-order valence-electron chi connectivity index (χ0n) is 13.2. The summed E-state index contributed by atoms with van der Waals surface area (Å²) >= 11 is 5.43. The first-order valence-electron chi connectivity index (χ1n) is 8.17. The minimum absolute atomic E-state index is 0.0611. The van der Waals surface area contributed by atoms with Gasteiger partial charge in [0.15, 0.2) is 10.9 Å². The van der Waals surface area contributed by atoms with E-state index >= 15 is 0 Å². The molecule has 1 heterocycles. The van der Waals surface area contributed by atoms with E-state index in [4.69, 9.17) is 12.2 Å². The van der Waals surface area contributed by atoms with Gasteiger partial charge in [-0.3, -0.25) is 4.79 Å². The molecule has 1 aliphatic carbocycles. The molecule has 0 fully saturated rings. The van der Waals surface area contributed by atoms with Gasteiger partial charge in [0.1, 0.15) is 0 Å². The Morgan fingerprint density at radius 2 is 1.56 bits per heavy atom. The molecule has 5 rings (SSSR count). The van der Waals surface area contributed by atoms with E-state index in [0.29, 0.717) is 5.11 Å². The van der Waals surface area contributed by atoms with Crippen molar-refractivity contribution >= 4 is 39.6 Å². The predicted octanol–water partition coefficient (Wildman–Crippen LogP) is 3.97. The fourth-order valence-corrected chi connectivity index (χ4v) is 4.02. The Kier molecular flexibility index (Phi) is 3.02. The van der Waals surface area contributed by atoms with Crippen LogP contribution in [0.4, 0.5) is 0 Å². The molecule has 2 N–H and O–H groups in total. The summed E-state index contributed by atoms with van der Waals surface area (Å²) in [6.07, 6.45) is 0. The van der Waals surface area contributed by atoms with Crippen LogP contribution in [0.15, 0.2) is 72.3 Å². The molecule has 0 saturated heterocycles. The number of hydrogen-bond acceptors (Lipinski definition) is 2. The van der Waals surface area contributed by atoms with E-state index in [1.54, 1.807) is 0 Å². The predicted molar refractivity (Wildman–Crippen MR) is 103 cm³/mol. The van der Waals surface area contributed by atoms with Crippen LogP contribution < -0.4 is 10.6 Å². The average molecular weight is 342 g/mol. The van der Waals surface area contributed by atoms with Crippen LogP contribution in [0, 0.1) is 0 Å². The second-order valence-corrected chi connectivity index (χ2v) is 6.67. The largest absolute Gasteiger partial charge is 0.351 e. The Labute approximate surface area is 150 Å². The maximum absolute atomic E-state index is 13.1. The fraction of sp³-hybridized carbons (Fsp3) is 0.0476. The second-order valence-electron chi connectivity index (χ2n) is 6.26. The number of hydrogen-bond donors (Lipinski definition) is 2. The van der Waals surface area contributed by atoms with E-state index in [1.807, 2.05) is 42.5 Å². The number of ketones is 1. The first-order chi connectivity index (χ1) is 12.2. The van der Waals surface area contributed by atoms with Gasteiger partial charge in [0.25, 0.3) is 0 Å². The van der Waals surface area contributed by atoms with Crippen LogP contribution in [0.2, 0.25) is 0 Å². The highest BCUT2D eigenvalue weighted by molar-refractivity contribution is 7.80. The summed E-state index contributed by atoms with van der Waals surface area (Å²) in [5.41, 5.74) is 4.30. The van der Waals surface area contributed by atoms with Gasteiger partial charge in [0, 0.05) is 11.1 Å². The SMILES string of the molecule is O=C1C2=C(NC(=S)N[C@H]2c2cccc3ccccc23)c2ccccc21. The molecule has 2 aliphatic rings. The Morgan fingerprint density at radius 1 is 0.840 bits per heavy atom. The molecule has 3 aromatic carbocycles. The van der Waals surface area contributed by atoms with Gasteiger partial charge >= 0.3 is 0 Å². The van der Waals surface area contributed by atoms with Crippen molar-refractivity contribution in [2.45, 2.75) is 6.04 Å². The summed E-state index contributed by atoms with van der Waals surface area (Å²) in [4.78, 5) is 13.1. The molecular formula is C21H14N2OS. The quantitative estimate of drug-likeness (QED) is 0.657. The number of Topliss-reactive ketones (excluding diaryl/α,β-unsaturated/α-hetero) is 1. The molecule has 3 aromatic rings. The van der Waals surface area contributed by atoms with Crippen molar-refractivity contribution in [2.24, 2.45) is 0 Å². The van der Waals surface area contributed by atoms with Crippen LogP contribution in [-0.2, 0) is 0 Å². The van der Waals surface area contributed by atoms with Gasteiger partial charge in [-0.2, -0.15) is 0 Å². The smallest absolute Gasteiger partial charge is 0.194 e. The molecule has 0 radical (unpaired) electrons. The zero-order chi connectivity index (χ0) is 17.0. The normalized spacial score (nSPS) is 18.6. The summed E-state index contributed by atoms with van der Waals surface area (Å²) in [5.74, 6) is 0.0611. The van der Waals surface area contributed by atoms with E-state index < -0.39 is 0 Å². The van der Waals surface area contributed by atoms with E-state index in [0.717, 1.165) is 38.7 Å². The number of rotatable bonds is 1. The topological polar surface area (TPSA) is 41.1 Å². The van der Waals surface area contributed by atoms with E-state index in [2.05, 4.69) is 34.9 Å². The molecule has 0 aromatic heterocycles. The highest BCUT2D eigenvalue weighted by Gasteiger charge is 2.39. The van der Waals surface area contributed by atoms with Crippen molar-refractivity contribution in [1.29, 1.82) is 0 Å². The summed E-state index contributed by atoms with van der Waals surface area (Å²) in [6, 6.07) is 21.8. The van der Waals surface area contributed by atoms with E-state index in [1.165, 1.54) is 0 Å². The molecule has 120 valence electrons. The molecule has 0 bridgehead atoms. The van der Waals surface area contributed by atoms with Gasteiger partial charge in [-0.1, -0.05) is 66.7 Å². The minimum Gasteiger partial charge on any atom is -0.351 e. The maximum Gasteiger partial charge on any atom is 0.194 e. The van der Waals surface area contributed by atoms with Crippen molar-refractivity contribution in [3.63, 3.8) is 0 Å². The van der Waals surface area contributed by atoms with E-state index in [-0.39, 0.29) is 11.8 Å². The lowest BCUT2D eigenvalue weighted by Gasteiger charge is -2.29. The molecule has 3 nitrogen and oxygen atoms in total. The van der Waals surface area contributed by atoms with Crippen LogP contribution in [-0.4, -0.2) is 10.9 Å². The highest BCUT2D eigenvalue weighted by Crippen LogP contribution is 2.41. The second kappa shape index (κ2) is 5.26. The van der Waals surface area contributed by atoms with Crippen molar-refractivity contribution in [3.05, 3.63) is 89.0 Å². The Balaban J connectivity index is 1.76. The van der Waals surface area contributed by atoms with Crippen LogP contribution in [0.3, 0.4) is 0 Å². The van der Waals surface area contributed by atoms with Crippen LogP contribution in [0.1, 0.15) is 27.5 Å². The summed E-state index contributed by atoms with van der Waals surface area (Å²) in [7, 11) is 0. The molecular weight excluding hydrogens is 328 g/mol. The van der Waals surface area contributed by atoms with Crippen molar-refractivity contribution < 1.29 is 4.79 Å². The van der Waals surface area contributed by atoms with Crippen molar-refractivity contribution in [1.82, 2.24) is 10.6 Å². The minimum atomic E-state index is -0.255. The first-order valence-corrected chi connectivity index (χ1v) is 8.58. The molecule has 0 saturated carbocycles. The molecule has 0 spiro atoms. The van der Waals surface area contributed by atoms with Crippen LogP contribution >= 0.6 is 12.2 Å². The standard InChI is InChI=1S/C21H14N2OS/c24-20-16-10-4-3-9-15(16)19-17(20)18(22-21(25)23-19)14-11-5-7-12-6-1-2-8-13(12)14/h1-11,18H,(H2,22,23,25)/t18-/m0/s1. The first kappa shape index (κ1) is 14.4. The maximum atomic E-state index is 13.1. The molecule has 0 unspecified atom stereocenters. The Bertz CT molecular complexity index is 1090. The van der Waals surface area contributed by atoms with Crippen molar-refractivity contribution in [2.75, 3.05) is 0 Å². The van der Waals surface area contributed by atoms with Crippen LogP contribution in [0.25, 0.3) is 16.5 Å². The van der Waals surface area contributed by atoms with Gasteiger partial charge in [-0.25, -0.2) is 0 Å². The lowest BCUT2D eigenvalue weighted by atomic mass is 9.91. The van der Waals surface area contributed by atoms with E-state index in [9.17, 15) is 4.79 Å². The highest BCUT2D eigenvalue weighted by atomic mass is 32.1. The number of fused-ring (bicyclic) bond motifs is 3. The van der Waals surface area contributed by atoms with Crippen LogP contribution in [0.5, 0.6) is 0 Å². The summed E-state index contributed by atoms with van der Waals surface area (Å²) < 4.78 is 0. The molecule has 0 amide bonds. The number of benzene rings is 3. The fourth-order valence-electron chi connectivity index (χ4n) is 3.80. The monoisotopic (exact) mass is 342 g/mol. The van der Waals surface area contributed by atoms with Gasteiger partial charge in [0.05, 0.1) is 17.3 Å². The van der Waals surface area contributed by atoms with Gasteiger partial charge in [-0.15, -0.1) is 0 Å². The van der Waals surface area contributed by atoms with Crippen molar-refractivity contribution in [3.8, 4) is 0 Å². The Morgan fingerprint density at radius 3 is 2.44 bits per heavy atom. The van der Waals surface area contributed by atoms with Gasteiger partial charge in [0.2, 0.25) is 0 Å². The molecule has 1 aliphatic heterocycles. The third-order valence-electron chi connectivity index (χ3n) is 4.89.